The molecule has 0 aliphatic carbocycles. The molecule has 1 aromatic rings. The topological polar surface area (TPSA) is 126 Å². The number of carboxylic acid groups (broad SMARTS) is 1. The number of carboxylic acids is 1. The number of aromatic nitrogens is 1. The van der Waals surface area contributed by atoms with Crippen LogP contribution in [0, 0.1) is 0 Å². The summed E-state index contributed by atoms with van der Waals surface area (Å²) in [5, 5.41) is 11.9. The smallest absolute Gasteiger partial charge is 0.341 e. The number of ether oxygens (including phenoxy) is 1. The van der Waals surface area contributed by atoms with E-state index in [1.807, 2.05) is 6.07 Å². The molecule has 2 amide bonds. The quantitative estimate of drug-likeness (QED) is 0.113. The Bertz CT molecular complexity index is 708. The van der Waals surface area contributed by atoms with Gasteiger partial charge in [-0.3, -0.25) is 18.7 Å². The fourth-order valence-electron chi connectivity index (χ4n) is 2.08. The van der Waals surface area contributed by atoms with E-state index in [0.717, 1.165) is 17.0 Å². The molecule has 0 bridgehead atoms. The highest BCUT2D eigenvalue weighted by Gasteiger charge is 2.48. The third-order valence-corrected chi connectivity index (χ3v) is 6.25. The van der Waals surface area contributed by atoms with Gasteiger partial charge in [0.2, 0.25) is 5.91 Å². The van der Waals surface area contributed by atoms with E-state index < -0.39 is 24.6 Å². The summed E-state index contributed by atoms with van der Waals surface area (Å²) in [7, 11) is 0. The summed E-state index contributed by atoms with van der Waals surface area (Å²) < 4.78 is 6.49. The molecule has 2 unspecified atom stereocenters. The normalized spacial score (nSPS) is 18.6. The Kier molecular flexibility index (Phi) is 8.63. The first-order valence-corrected chi connectivity index (χ1v) is 11.1. The van der Waals surface area contributed by atoms with Crippen molar-refractivity contribution in [2.75, 3.05) is 22.5 Å². The Hall–Kier alpha value is -1.54. The molecule has 1 aliphatic heterocycles. The number of carbonyl (C=O) groups excluding carboxylic acids is 3. The molecule has 1 saturated heterocycles. The molecule has 146 valence electrons. The van der Waals surface area contributed by atoms with Crippen LogP contribution in [0.1, 0.15) is 0 Å². The number of halogens is 1. The monoisotopic (exact) mass is 525 g/mol. The van der Waals surface area contributed by atoms with Gasteiger partial charge in [0, 0.05) is 10.6 Å². The second-order valence-electron chi connectivity index (χ2n) is 5.22. The van der Waals surface area contributed by atoms with Gasteiger partial charge in [0.15, 0.2) is 6.61 Å². The Morgan fingerprint density at radius 2 is 2.11 bits per heavy atom. The Labute approximate surface area is 177 Å². The predicted molar refractivity (Wildman–Crippen MR) is 107 cm³/mol. The summed E-state index contributed by atoms with van der Waals surface area (Å²) in [6.07, 6.45) is 1.64. The van der Waals surface area contributed by atoms with Crippen molar-refractivity contribution >= 4 is 70.1 Å². The number of amides is 2. The number of hydrogen-bond donors (Lipinski definition) is 2. The number of alkyl halides is 1. The first kappa shape index (κ1) is 21.8. The molecule has 0 spiro atoms. The lowest BCUT2D eigenvalue weighted by atomic mass is 10.0. The zero-order chi connectivity index (χ0) is 19.8. The molecule has 27 heavy (non-hydrogen) atoms. The third kappa shape index (κ3) is 6.53. The first-order valence-electron chi connectivity index (χ1n) is 7.65. The van der Waals surface area contributed by atoms with Gasteiger partial charge >= 0.3 is 11.9 Å². The number of hydrogen-bond acceptors (Lipinski definition) is 8. The van der Waals surface area contributed by atoms with Crippen molar-refractivity contribution in [2.24, 2.45) is 0 Å². The zero-order valence-corrected chi connectivity index (χ0v) is 17.7. The van der Waals surface area contributed by atoms with Crippen LogP contribution in [0.2, 0.25) is 0 Å². The van der Waals surface area contributed by atoms with Crippen molar-refractivity contribution in [3.8, 4) is 0 Å². The van der Waals surface area contributed by atoms with Crippen molar-refractivity contribution in [3.63, 3.8) is 0 Å². The maximum Gasteiger partial charge on any atom is 0.341 e. The van der Waals surface area contributed by atoms with E-state index in [0.29, 0.717) is 4.43 Å². The highest BCUT2D eigenvalue weighted by atomic mass is 127. The van der Waals surface area contributed by atoms with Crippen LogP contribution in [0.4, 0.5) is 0 Å². The number of carbonyl (C=O) groups is 4. The minimum atomic E-state index is -1.25. The van der Waals surface area contributed by atoms with Gasteiger partial charge in [0.1, 0.15) is 11.8 Å². The number of nitrogens with zero attached hydrogens (tertiary/aromatic N) is 2. The van der Waals surface area contributed by atoms with E-state index in [4.69, 9.17) is 5.11 Å². The van der Waals surface area contributed by atoms with Crippen LogP contribution in [-0.4, -0.2) is 72.8 Å². The van der Waals surface area contributed by atoms with Gasteiger partial charge in [-0.05, 0) is 24.1 Å². The largest absolute Gasteiger partial charge is 0.479 e. The van der Waals surface area contributed by atoms with Gasteiger partial charge < -0.3 is 15.2 Å². The Morgan fingerprint density at radius 1 is 1.33 bits per heavy atom. The minimum absolute atomic E-state index is 0.142. The lowest BCUT2D eigenvalue weighted by molar-refractivity contribution is -0.153. The predicted octanol–water partition coefficient (Wildman–Crippen LogP) is 0.580. The number of esters is 1. The molecule has 0 radical (unpaired) electrons. The van der Waals surface area contributed by atoms with Crippen LogP contribution in [-0.2, 0) is 23.9 Å². The molecular weight excluding hydrogens is 509 g/mol. The molecule has 2 heterocycles. The van der Waals surface area contributed by atoms with Gasteiger partial charge in [-0.25, -0.2) is 9.78 Å². The standard InChI is InChI=1S/C15H16IN3O6S2/c16-5-9-14(18-10(20)7-26-11-3-1-2-4-17-11)15(24)19(9)27-8-13(23)25-6-12(21)22/h1-4,9,14H,5-8H2,(H,18,20)(H,21,22). The van der Waals surface area contributed by atoms with Gasteiger partial charge in [-0.1, -0.05) is 40.4 Å². The molecular formula is C15H16IN3O6S2. The van der Waals surface area contributed by atoms with E-state index in [9.17, 15) is 19.2 Å². The van der Waals surface area contributed by atoms with Gasteiger partial charge in [-0.15, -0.1) is 0 Å². The van der Waals surface area contributed by atoms with Crippen LogP contribution in [0.5, 0.6) is 0 Å². The van der Waals surface area contributed by atoms with Crippen LogP contribution in [0.25, 0.3) is 0 Å². The average Bonchev–Trinajstić information content (AvgIpc) is 2.66. The van der Waals surface area contributed by atoms with Gasteiger partial charge in [-0.2, -0.15) is 0 Å². The van der Waals surface area contributed by atoms with Crippen molar-refractivity contribution in [1.29, 1.82) is 0 Å². The summed E-state index contributed by atoms with van der Waals surface area (Å²) in [4.78, 5) is 50.2. The molecule has 1 fully saturated rings. The number of β-lactam (4-membered cyclic amide) rings is 1. The molecule has 9 nitrogen and oxygen atoms in total. The van der Waals surface area contributed by atoms with Crippen LogP contribution < -0.4 is 5.32 Å². The third-order valence-electron chi connectivity index (χ3n) is 3.31. The van der Waals surface area contributed by atoms with E-state index in [1.165, 1.54) is 16.1 Å². The van der Waals surface area contributed by atoms with Crippen LogP contribution in [0.3, 0.4) is 0 Å². The Morgan fingerprint density at radius 3 is 2.74 bits per heavy atom. The summed E-state index contributed by atoms with van der Waals surface area (Å²) >= 11 is 4.32. The molecule has 2 N–H and O–H groups in total. The second-order valence-corrected chi connectivity index (χ2v) is 8.03. The molecule has 2 rings (SSSR count). The number of pyridine rings is 1. The molecule has 0 saturated carbocycles. The average molecular weight is 525 g/mol. The summed E-state index contributed by atoms with van der Waals surface area (Å²) in [5.74, 6) is -2.58. The molecule has 12 heteroatoms. The first-order chi connectivity index (χ1) is 12.9. The van der Waals surface area contributed by atoms with E-state index in [1.54, 1.807) is 18.3 Å². The minimum Gasteiger partial charge on any atom is -0.479 e. The van der Waals surface area contributed by atoms with Crippen molar-refractivity contribution in [3.05, 3.63) is 24.4 Å². The highest BCUT2D eigenvalue weighted by molar-refractivity contribution is 14.1. The van der Waals surface area contributed by atoms with E-state index >= 15 is 0 Å². The zero-order valence-electron chi connectivity index (χ0n) is 13.9. The number of aliphatic carboxylic acids is 1. The summed E-state index contributed by atoms with van der Waals surface area (Å²) in [5.41, 5.74) is 0. The number of rotatable bonds is 10. The molecule has 0 aromatic carbocycles. The second kappa shape index (κ2) is 10.7. The van der Waals surface area contributed by atoms with Gasteiger partial charge in [0.05, 0.1) is 16.8 Å². The summed E-state index contributed by atoms with van der Waals surface area (Å²) in [6.45, 7) is -0.713. The van der Waals surface area contributed by atoms with Crippen LogP contribution >= 0.6 is 46.3 Å². The lowest BCUT2D eigenvalue weighted by Gasteiger charge is -2.45. The van der Waals surface area contributed by atoms with E-state index in [-0.39, 0.29) is 29.4 Å². The maximum absolute atomic E-state index is 12.2. The number of nitrogens with one attached hydrogen (secondary N) is 1. The fourth-order valence-corrected chi connectivity index (χ4v) is 4.88. The van der Waals surface area contributed by atoms with Gasteiger partial charge in [0.25, 0.3) is 5.91 Å². The fraction of sp³-hybridized carbons (Fsp3) is 0.400. The SMILES string of the molecule is O=C(O)COC(=O)CSN1C(=O)C(NC(=O)CSc2ccccn2)C1CI. The highest BCUT2D eigenvalue weighted by Crippen LogP contribution is 2.30. The van der Waals surface area contributed by atoms with Crippen LogP contribution in [0.15, 0.2) is 29.4 Å². The van der Waals surface area contributed by atoms with Crippen molar-refractivity contribution in [2.45, 2.75) is 17.1 Å². The molecule has 2 atom stereocenters. The lowest BCUT2D eigenvalue weighted by Crippen LogP contribution is -2.69. The molecule has 1 aliphatic rings. The summed E-state index contributed by atoms with van der Waals surface area (Å²) in [6, 6.07) is 4.51. The van der Waals surface area contributed by atoms with Crippen molar-refractivity contribution in [1.82, 2.24) is 14.6 Å². The Balaban J connectivity index is 1.76. The van der Waals surface area contributed by atoms with Crippen molar-refractivity contribution < 1.29 is 29.0 Å². The molecule has 1 aromatic heterocycles. The van der Waals surface area contributed by atoms with E-state index in [2.05, 4.69) is 37.6 Å². The number of thioether (sulfide) groups is 1. The maximum atomic E-state index is 12.2.